The lowest BCUT2D eigenvalue weighted by atomic mass is 9.85. The molecule has 2 rings (SSSR count). The zero-order valence-electron chi connectivity index (χ0n) is 13.2. The van der Waals surface area contributed by atoms with Crippen LogP contribution in [-0.2, 0) is 0 Å². The van der Waals surface area contributed by atoms with Crippen molar-refractivity contribution < 1.29 is 14.6 Å². The Morgan fingerprint density at radius 3 is 2.82 bits per heavy atom. The molecule has 0 aromatic heterocycles. The first kappa shape index (κ1) is 16.6. The number of aliphatic hydroxyl groups is 1. The van der Waals surface area contributed by atoms with Crippen LogP contribution in [-0.4, -0.2) is 29.9 Å². The number of urea groups is 1. The zero-order valence-corrected chi connectivity index (χ0v) is 13.2. The number of amides is 2. The molecule has 5 heteroatoms. The summed E-state index contributed by atoms with van der Waals surface area (Å²) in [5, 5.41) is 16.0. The van der Waals surface area contributed by atoms with Crippen molar-refractivity contribution in [3.63, 3.8) is 0 Å². The first-order valence-corrected chi connectivity index (χ1v) is 8.11. The number of ether oxygens (including phenoxy) is 1. The number of carbonyl (C=O) groups is 1. The van der Waals surface area contributed by atoms with Gasteiger partial charge in [0, 0.05) is 18.3 Å². The highest BCUT2D eigenvalue weighted by atomic mass is 16.5. The number of anilines is 1. The van der Waals surface area contributed by atoms with Gasteiger partial charge in [0.1, 0.15) is 12.4 Å². The van der Waals surface area contributed by atoms with Crippen molar-refractivity contribution in [2.24, 2.45) is 0 Å². The molecule has 2 amide bonds. The summed E-state index contributed by atoms with van der Waals surface area (Å²) in [6.07, 6.45) is 5.79. The van der Waals surface area contributed by atoms with Gasteiger partial charge in [-0.05, 0) is 31.4 Å². The first-order chi connectivity index (χ1) is 10.6. The van der Waals surface area contributed by atoms with Gasteiger partial charge in [-0.25, -0.2) is 4.79 Å². The van der Waals surface area contributed by atoms with Gasteiger partial charge in [-0.1, -0.05) is 32.3 Å². The number of hydrogen-bond acceptors (Lipinski definition) is 3. The van der Waals surface area contributed by atoms with Gasteiger partial charge in [-0.2, -0.15) is 0 Å². The number of benzene rings is 1. The predicted molar refractivity (Wildman–Crippen MR) is 87.3 cm³/mol. The van der Waals surface area contributed by atoms with Crippen LogP contribution in [0.4, 0.5) is 10.5 Å². The summed E-state index contributed by atoms with van der Waals surface area (Å²) < 4.78 is 5.73. The molecule has 122 valence electrons. The third-order valence-electron chi connectivity index (χ3n) is 3.92. The van der Waals surface area contributed by atoms with Crippen molar-refractivity contribution >= 4 is 11.7 Å². The van der Waals surface area contributed by atoms with Crippen molar-refractivity contribution in [2.75, 3.05) is 18.5 Å². The van der Waals surface area contributed by atoms with E-state index in [4.69, 9.17) is 4.74 Å². The Bertz CT molecular complexity index is 485. The number of carbonyl (C=O) groups excluding carboxylic acids is 1. The topological polar surface area (TPSA) is 70.6 Å². The molecule has 22 heavy (non-hydrogen) atoms. The van der Waals surface area contributed by atoms with Crippen molar-refractivity contribution in [1.29, 1.82) is 0 Å². The van der Waals surface area contributed by atoms with Crippen LogP contribution in [0.3, 0.4) is 0 Å². The SMILES string of the molecule is CCCNC(=O)Nc1cccc(OCC2(O)CCCCC2)c1. The Morgan fingerprint density at radius 2 is 2.09 bits per heavy atom. The lowest BCUT2D eigenvalue weighted by Crippen LogP contribution is -2.37. The van der Waals surface area contributed by atoms with Crippen molar-refractivity contribution in [3.8, 4) is 5.75 Å². The molecule has 0 heterocycles. The summed E-state index contributed by atoms with van der Waals surface area (Å²) in [7, 11) is 0. The molecule has 0 spiro atoms. The highest BCUT2D eigenvalue weighted by Crippen LogP contribution is 2.29. The number of hydrogen-bond donors (Lipinski definition) is 3. The van der Waals surface area contributed by atoms with Gasteiger partial charge in [0.15, 0.2) is 0 Å². The fraction of sp³-hybridized carbons (Fsp3) is 0.588. The van der Waals surface area contributed by atoms with Crippen molar-refractivity contribution in [3.05, 3.63) is 24.3 Å². The van der Waals surface area contributed by atoms with Gasteiger partial charge >= 0.3 is 6.03 Å². The maximum absolute atomic E-state index is 11.6. The Hall–Kier alpha value is -1.75. The molecule has 1 fully saturated rings. The van der Waals surface area contributed by atoms with Gasteiger partial charge < -0.3 is 20.5 Å². The van der Waals surface area contributed by atoms with Gasteiger partial charge in [0.25, 0.3) is 0 Å². The molecule has 0 unspecified atom stereocenters. The minimum atomic E-state index is -0.708. The summed E-state index contributed by atoms with van der Waals surface area (Å²) in [6.45, 7) is 2.96. The second kappa shape index (κ2) is 8.03. The average molecular weight is 306 g/mol. The fourth-order valence-electron chi connectivity index (χ4n) is 2.65. The van der Waals surface area contributed by atoms with Crippen LogP contribution in [0.25, 0.3) is 0 Å². The Labute approximate surface area is 132 Å². The molecule has 1 aliphatic carbocycles. The van der Waals surface area contributed by atoms with E-state index in [9.17, 15) is 9.90 Å². The van der Waals surface area contributed by atoms with E-state index in [0.717, 1.165) is 32.1 Å². The highest BCUT2D eigenvalue weighted by molar-refractivity contribution is 5.89. The van der Waals surface area contributed by atoms with Gasteiger partial charge in [0.2, 0.25) is 0 Å². The minimum absolute atomic E-state index is 0.218. The van der Waals surface area contributed by atoms with E-state index in [0.29, 0.717) is 24.6 Å². The predicted octanol–water partition coefficient (Wildman–Crippen LogP) is 3.29. The lowest BCUT2D eigenvalue weighted by molar-refractivity contribution is -0.0338. The van der Waals surface area contributed by atoms with Gasteiger partial charge in [-0.3, -0.25) is 0 Å². The van der Waals surface area contributed by atoms with Crippen LogP contribution in [0.5, 0.6) is 5.75 Å². The highest BCUT2D eigenvalue weighted by Gasteiger charge is 2.29. The molecule has 1 saturated carbocycles. The van der Waals surface area contributed by atoms with Crippen LogP contribution >= 0.6 is 0 Å². The molecule has 1 aromatic carbocycles. The summed E-state index contributed by atoms with van der Waals surface area (Å²) in [5.74, 6) is 0.660. The van der Waals surface area contributed by atoms with Crippen LogP contribution in [0.15, 0.2) is 24.3 Å². The van der Waals surface area contributed by atoms with Gasteiger partial charge in [-0.15, -0.1) is 0 Å². The van der Waals surface area contributed by atoms with Crippen LogP contribution < -0.4 is 15.4 Å². The zero-order chi connectivity index (χ0) is 15.8. The third kappa shape index (κ3) is 5.22. The molecular weight excluding hydrogens is 280 g/mol. The fourth-order valence-corrected chi connectivity index (χ4v) is 2.65. The van der Waals surface area contributed by atoms with E-state index in [2.05, 4.69) is 10.6 Å². The molecule has 0 saturated heterocycles. The largest absolute Gasteiger partial charge is 0.491 e. The van der Waals surface area contributed by atoms with E-state index < -0.39 is 5.60 Å². The normalized spacial score (nSPS) is 16.8. The standard InChI is InChI=1S/C17H26N2O3/c1-2-11-18-16(20)19-14-7-6-8-15(12-14)22-13-17(21)9-4-3-5-10-17/h6-8,12,21H,2-5,9-11,13H2,1H3,(H2,18,19,20). The molecule has 3 N–H and O–H groups in total. The van der Waals surface area contributed by atoms with Crippen LogP contribution in [0.2, 0.25) is 0 Å². The molecule has 0 radical (unpaired) electrons. The minimum Gasteiger partial charge on any atom is -0.491 e. The molecule has 0 atom stereocenters. The maximum Gasteiger partial charge on any atom is 0.319 e. The first-order valence-electron chi connectivity index (χ1n) is 8.11. The summed E-state index contributed by atoms with van der Waals surface area (Å²) in [6, 6.07) is 7.03. The Morgan fingerprint density at radius 1 is 1.32 bits per heavy atom. The molecule has 0 bridgehead atoms. The Kier molecular flexibility index (Phi) is 6.07. The average Bonchev–Trinajstić information content (AvgIpc) is 2.52. The number of nitrogens with one attached hydrogen (secondary N) is 2. The van der Waals surface area contributed by atoms with Crippen LogP contribution in [0.1, 0.15) is 45.4 Å². The second-order valence-corrected chi connectivity index (χ2v) is 5.98. The van der Waals surface area contributed by atoms with E-state index in [-0.39, 0.29) is 6.03 Å². The molecular formula is C17H26N2O3. The van der Waals surface area contributed by atoms with E-state index in [1.54, 1.807) is 6.07 Å². The van der Waals surface area contributed by atoms with Gasteiger partial charge in [0.05, 0.1) is 5.60 Å². The second-order valence-electron chi connectivity index (χ2n) is 5.98. The molecule has 1 aromatic rings. The van der Waals surface area contributed by atoms with E-state index in [1.165, 1.54) is 6.42 Å². The van der Waals surface area contributed by atoms with Crippen LogP contribution in [0, 0.1) is 0 Å². The summed E-state index contributed by atoms with van der Waals surface area (Å²) >= 11 is 0. The monoisotopic (exact) mass is 306 g/mol. The summed E-state index contributed by atoms with van der Waals surface area (Å²) in [5.41, 5.74) is -0.0260. The smallest absolute Gasteiger partial charge is 0.319 e. The third-order valence-corrected chi connectivity index (χ3v) is 3.92. The maximum atomic E-state index is 11.6. The van der Waals surface area contributed by atoms with Crippen molar-refractivity contribution in [2.45, 2.75) is 51.0 Å². The van der Waals surface area contributed by atoms with Crippen molar-refractivity contribution in [1.82, 2.24) is 5.32 Å². The summed E-state index contributed by atoms with van der Waals surface area (Å²) in [4.78, 5) is 11.6. The molecule has 1 aliphatic rings. The lowest BCUT2D eigenvalue weighted by Gasteiger charge is -2.31. The molecule has 5 nitrogen and oxygen atoms in total. The Balaban J connectivity index is 1.86. The number of rotatable bonds is 6. The van der Waals surface area contributed by atoms with E-state index >= 15 is 0 Å². The van der Waals surface area contributed by atoms with E-state index in [1.807, 2.05) is 25.1 Å². The molecule has 0 aliphatic heterocycles. The quantitative estimate of drug-likeness (QED) is 0.755.